The van der Waals surface area contributed by atoms with Crippen LogP contribution in [0.25, 0.3) is 10.9 Å². The molecule has 1 aliphatic heterocycles. The molecule has 0 aliphatic carbocycles. The number of fused-ring (bicyclic) bond motifs is 2. The lowest BCUT2D eigenvalue weighted by atomic mass is 10.1. The lowest BCUT2D eigenvalue weighted by molar-refractivity contribution is 0.0964. The number of nitrogens with zero attached hydrogens (tertiary/aromatic N) is 1. The van der Waals surface area contributed by atoms with Crippen molar-refractivity contribution in [3.63, 3.8) is 0 Å². The fraction of sp³-hybridized carbons (Fsp3) is 0.150. The number of amides is 2. The zero-order valence-corrected chi connectivity index (χ0v) is 14.0. The predicted octanol–water partition coefficient (Wildman–Crippen LogP) is 3.35. The van der Waals surface area contributed by atoms with E-state index in [2.05, 4.69) is 15.6 Å². The molecule has 25 heavy (non-hydrogen) atoms. The number of hydrogen-bond donors (Lipinski definition) is 2. The maximum Gasteiger partial charge on any atom is 0.257 e. The second-order valence-corrected chi connectivity index (χ2v) is 6.33. The highest BCUT2D eigenvalue weighted by atomic mass is 16.2. The van der Waals surface area contributed by atoms with Crippen molar-refractivity contribution in [1.29, 1.82) is 0 Å². The third-order valence-corrected chi connectivity index (χ3v) is 4.46. The molecular weight excluding hydrogens is 314 g/mol. The maximum absolute atomic E-state index is 12.7. The summed E-state index contributed by atoms with van der Waals surface area (Å²) >= 11 is 0. The van der Waals surface area contributed by atoms with Gasteiger partial charge in [0.2, 0.25) is 0 Å². The number of benzene rings is 2. The van der Waals surface area contributed by atoms with E-state index >= 15 is 0 Å². The monoisotopic (exact) mass is 331 g/mol. The minimum Gasteiger partial charge on any atom is -0.348 e. The van der Waals surface area contributed by atoms with Crippen LogP contribution >= 0.6 is 0 Å². The standard InChI is InChI=1S/C20H17N3O2/c1-11-3-6-18-14(7-11)8-16(12(2)22-18)20(25)23-15-5-4-13-10-21-19(24)17(13)9-15/h3-9H,10H2,1-2H3,(H,21,24)(H,23,25). The Balaban J connectivity index is 1.67. The first-order chi connectivity index (χ1) is 12.0. The molecule has 0 atom stereocenters. The van der Waals surface area contributed by atoms with E-state index in [9.17, 15) is 9.59 Å². The number of aromatic nitrogens is 1. The molecule has 0 radical (unpaired) electrons. The topological polar surface area (TPSA) is 71.1 Å². The summed E-state index contributed by atoms with van der Waals surface area (Å²) in [6, 6.07) is 13.2. The van der Waals surface area contributed by atoms with Crippen molar-refractivity contribution in [2.45, 2.75) is 20.4 Å². The van der Waals surface area contributed by atoms with E-state index in [1.807, 2.05) is 50.2 Å². The van der Waals surface area contributed by atoms with Crippen LogP contribution in [0.2, 0.25) is 0 Å². The normalized spacial score (nSPS) is 12.8. The van der Waals surface area contributed by atoms with Crippen molar-refractivity contribution in [3.8, 4) is 0 Å². The molecule has 0 saturated heterocycles. The van der Waals surface area contributed by atoms with Crippen molar-refractivity contribution in [2.24, 2.45) is 0 Å². The van der Waals surface area contributed by atoms with Gasteiger partial charge in [-0.15, -0.1) is 0 Å². The molecule has 0 bridgehead atoms. The van der Waals surface area contributed by atoms with Gasteiger partial charge in [-0.1, -0.05) is 17.7 Å². The van der Waals surface area contributed by atoms with Crippen LogP contribution in [-0.4, -0.2) is 16.8 Å². The summed E-state index contributed by atoms with van der Waals surface area (Å²) in [6.45, 7) is 4.37. The smallest absolute Gasteiger partial charge is 0.257 e. The number of carbonyl (C=O) groups is 2. The number of rotatable bonds is 2. The Hall–Kier alpha value is -3.21. The summed E-state index contributed by atoms with van der Waals surface area (Å²) in [7, 11) is 0. The first-order valence-electron chi connectivity index (χ1n) is 8.12. The largest absolute Gasteiger partial charge is 0.348 e. The molecule has 2 N–H and O–H groups in total. The second kappa shape index (κ2) is 5.70. The molecule has 2 amide bonds. The Kier molecular flexibility index (Phi) is 3.50. The van der Waals surface area contributed by atoms with Crippen LogP contribution in [0.1, 0.15) is 37.5 Å². The number of carbonyl (C=O) groups excluding carboxylic acids is 2. The van der Waals surface area contributed by atoms with Gasteiger partial charge in [-0.25, -0.2) is 0 Å². The van der Waals surface area contributed by atoms with Crippen molar-refractivity contribution < 1.29 is 9.59 Å². The maximum atomic E-state index is 12.7. The third kappa shape index (κ3) is 2.74. The lowest BCUT2D eigenvalue weighted by Crippen LogP contribution is -2.15. The van der Waals surface area contributed by atoms with Gasteiger partial charge in [0.25, 0.3) is 11.8 Å². The first kappa shape index (κ1) is 15.3. The van der Waals surface area contributed by atoms with Crippen molar-refractivity contribution >= 4 is 28.4 Å². The number of hydrogen-bond acceptors (Lipinski definition) is 3. The van der Waals surface area contributed by atoms with E-state index < -0.39 is 0 Å². The van der Waals surface area contributed by atoms with E-state index in [-0.39, 0.29) is 11.8 Å². The average molecular weight is 331 g/mol. The minimum atomic E-state index is -0.230. The highest BCUT2D eigenvalue weighted by Crippen LogP contribution is 2.22. The molecule has 3 aromatic rings. The van der Waals surface area contributed by atoms with E-state index in [1.54, 1.807) is 6.07 Å². The summed E-state index contributed by atoms with van der Waals surface area (Å²) < 4.78 is 0. The van der Waals surface area contributed by atoms with Gasteiger partial charge in [0.05, 0.1) is 16.8 Å². The Labute approximate surface area is 145 Å². The molecule has 1 aromatic heterocycles. The van der Waals surface area contributed by atoms with Crippen LogP contribution in [-0.2, 0) is 6.54 Å². The number of anilines is 1. The zero-order valence-electron chi connectivity index (χ0n) is 14.0. The average Bonchev–Trinajstić information content (AvgIpc) is 2.95. The van der Waals surface area contributed by atoms with Crippen LogP contribution in [0.4, 0.5) is 5.69 Å². The van der Waals surface area contributed by atoms with E-state index in [4.69, 9.17) is 0 Å². The molecule has 5 nitrogen and oxygen atoms in total. The van der Waals surface area contributed by atoms with Crippen molar-refractivity contribution in [3.05, 3.63) is 70.4 Å². The van der Waals surface area contributed by atoms with Crippen molar-refractivity contribution in [1.82, 2.24) is 10.3 Å². The summed E-state index contributed by atoms with van der Waals surface area (Å²) in [4.78, 5) is 29.0. The summed E-state index contributed by atoms with van der Waals surface area (Å²) in [5.41, 5.74) is 5.35. The van der Waals surface area contributed by atoms with Gasteiger partial charge < -0.3 is 10.6 Å². The number of nitrogens with one attached hydrogen (secondary N) is 2. The van der Waals surface area contributed by atoms with Gasteiger partial charge in [-0.05, 0) is 49.7 Å². The fourth-order valence-electron chi connectivity index (χ4n) is 3.11. The van der Waals surface area contributed by atoms with E-state index in [0.717, 1.165) is 22.0 Å². The van der Waals surface area contributed by atoms with E-state index in [0.29, 0.717) is 29.1 Å². The number of pyridine rings is 1. The number of aryl methyl sites for hydroxylation is 2. The SMILES string of the molecule is Cc1ccc2nc(C)c(C(=O)Nc3ccc4c(c3)C(=O)NC4)cc2c1. The zero-order chi connectivity index (χ0) is 17.6. The van der Waals surface area contributed by atoms with Crippen LogP contribution in [0.3, 0.4) is 0 Å². The summed E-state index contributed by atoms with van der Waals surface area (Å²) in [5.74, 6) is -0.336. The van der Waals surface area contributed by atoms with Gasteiger partial charge in [0, 0.05) is 23.2 Å². The minimum absolute atomic E-state index is 0.106. The first-order valence-corrected chi connectivity index (χ1v) is 8.12. The Morgan fingerprint density at radius 1 is 1.12 bits per heavy atom. The Morgan fingerprint density at radius 3 is 2.80 bits per heavy atom. The van der Waals surface area contributed by atoms with Crippen LogP contribution in [0.5, 0.6) is 0 Å². The highest BCUT2D eigenvalue weighted by Gasteiger charge is 2.19. The van der Waals surface area contributed by atoms with Gasteiger partial charge in [0.1, 0.15) is 0 Å². The molecule has 2 aromatic carbocycles. The highest BCUT2D eigenvalue weighted by molar-refractivity contribution is 6.07. The van der Waals surface area contributed by atoms with Gasteiger partial charge in [-0.3, -0.25) is 14.6 Å². The third-order valence-electron chi connectivity index (χ3n) is 4.46. The van der Waals surface area contributed by atoms with Gasteiger partial charge in [-0.2, -0.15) is 0 Å². The summed E-state index contributed by atoms with van der Waals surface area (Å²) in [5, 5.41) is 6.57. The van der Waals surface area contributed by atoms with Crippen LogP contribution < -0.4 is 10.6 Å². The molecule has 124 valence electrons. The predicted molar refractivity (Wildman–Crippen MR) is 96.8 cm³/mol. The quantitative estimate of drug-likeness (QED) is 0.756. The van der Waals surface area contributed by atoms with Crippen molar-refractivity contribution in [2.75, 3.05) is 5.32 Å². The molecule has 0 saturated carbocycles. The molecule has 4 rings (SSSR count). The fourth-order valence-corrected chi connectivity index (χ4v) is 3.11. The Bertz CT molecular complexity index is 1040. The molecule has 1 aliphatic rings. The van der Waals surface area contributed by atoms with Gasteiger partial charge in [0.15, 0.2) is 0 Å². The molecular formula is C20H17N3O2. The van der Waals surface area contributed by atoms with E-state index in [1.165, 1.54) is 0 Å². The van der Waals surface area contributed by atoms with Crippen LogP contribution in [0.15, 0.2) is 42.5 Å². The molecule has 2 heterocycles. The summed E-state index contributed by atoms with van der Waals surface area (Å²) in [6.07, 6.45) is 0. The molecule has 0 spiro atoms. The lowest BCUT2D eigenvalue weighted by Gasteiger charge is -2.10. The molecule has 5 heteroatoms. The second-order valence-electron chi connectivity index (χ2n) is 6.33. The molecule has 0 fully saturated rings. The molecule has 0 unspecified atom stereocenters. The van der Waals surface area contributed by atoms with Gasteiger partial charge >= 0.3 is 0 Å². The Morgan fingerprint density at radius 2 is 1.96 bits per heavy atom. The van der Waals surface area contributed by atoms with Crippen LogP contribution in [0, 0.1) is 13.8 Å².